The molecule has 0 saturated heterocycles. The first-order chi connectivity index (χ1) is 9.72. The first-order valence-electron chi connectivity index (χ1n) is 6.10. The van der Waals surface area contributed by atoms with Crippen molar-refractivity contribution in [3.05, 3.63) is 59.4 Å². The van der Waals surface area contributed by atoms with Gasteiger partial charge in [-0.1, -0.05) is 23.7 Å². The number of aromatic nitrogens is 2. The number of nitrogens with two attached hydrogens (primary N) is 1. The summed E-state index contributed by atoms with van der Waals surface area (Å²) in [5.74, 6) is 0.525. The van der Waals surface area contributed by atoms with E-state index < -0.39 is 0 Å². The van der Waals surface area contributed by atoms with Gasteiger partial charge in [-0.15, -0.1) is 0 Å². The fourth-order valence-corrected chi connectivity index (χ4v) is 2.02. The molecule has 0 bridgehead atoms. The second-order valence-corrected chi connectivity index (χ2v) is 4.81. The quantitative estimate of drug-likeness (QED) is 0.749. The highest BCUT2D eigenvalue weighted by atomic mass is 35.5. The summed E-state index contributed by atoms with van der Waals surface area (Å²) in [5.41, 5.74) is 8.27. The lowest BCUT2D eigenvalue weighted by Gasteiger charge is -2.08. The van der Waals surface area contributed by atoms with E-state index in [1.165, 1.54) is 6.33 Å². The smallest absolute Gasteiger partial charge is 0.224 e. The lowest BCUT2D eigenvalue weighted by molar-refractivity contribution is 0.297. The molecule has 3 rings (SSSR count). The van der Waals surface area contributed by atoms with E-state index in [-0.39, 0.29) is 0 Å². The van der Waals surface area contributed by atoms with Gasteiger partial charge in [-0.2, -0.15) is 0 Å². The van der Waals surface area contributed by atoms with Gasteiger partial charge in [-0.3, -0.25) is 0 Å². The molecule has 100 valence electrons. The van der Waals surface area contributed by atoms with E-state index in [1.54, 1.807) is 6.07 Å². The van der Waals surface area contributed by atoms with Crippen LogP contribution in [-0.4, -0.2) is 9.97 Å². The molecule has 2 aromatic carbocycles. The molecule has 2 N–H and O–H groups in total. The monoisotopic (exact) mass is 285 g/mol. The molecule has 4 nitrogen and oxygen atoms in total. The molecule has 0 aliphatic rings. The van der Waals surface area contributed by atoms with Crippen molar-refractivity contribution in [1.82, 2.24) is 9.97 Å². The number of benzene rings is 2. The largest absolute Gasteiger partial charge is 0.472 e. The van der Waals surface area contributed by atoms with Crippen molar-refractivity contribution in [3.63, 3.8) is 0 Å². The lowest BCUT2D eigenvalue weighted by Crippen LogP contribution is -1.99. The highest BCUT2D eigenvalue weighted by Crippen LogP contribution is 2.24. The van der Waals surface area contributed by atoms with E-state index in [9.17, 15) is 0 Å². The minimum Gasteiger partial charge on any atom is -0.472 e. The van der Waals surface area contributed by atoms with Crippen LogP contribution in [0.5, 0.6) is 5.88 Å². The van der Waals surface area contributed by atoms with Gasteiger partial charge in [0.2, 0.25) is 5.88 Å². The fraction of sp³-hybridized carbons (Fsp3) is 0.0667. The average molecular weight is 286 g/mol. The predicted octanol–water partition coefficient (Wildman–Crippen LogP) is 3.44. The van der Waals surface area contributed by atoms with Gasteiger partial charge >= 0.3 is 0 Å². The Balaban J connectivity index is 1.87. The van der Waals surface area contributed by atoms with Crippen molar-refractivity contribution < 1.29 is 4.74 Å². The Bertz CT molecular complexity index is 744. The van der Waals surface area contributed by atoms with Crippen LogP contribution in [-0.2, 0) is 6.61 Å². The van der Waals surface area contributed by atoms with Crippen molar-refractivity contribution in [3.8, 4) is 5.88 Å². The third-order valence-corrected chi connectivity index (χ3v) is 3.16. The van der Waals surface area contributed by atoms with Crippen molar-refractivity contribution in [2.24, 2.45) is 0 Å². The van der Waals surface area contributed by atoms with Crippen LogP contribution in [0, 0.1) is 0 Å². The minimum absolute atomic E-state index is 0.415. The molecule has 5 heteroatoms. The highest BCUT2D eigenvalue weighted by molar-refractivity contribution is 6.30. The second kappa shape index (κ2) is 5.35. The Labute approximate surface area is 121 Å². The highest BCUT2D eigenvalue weighted by Gasteiger charge is 2.05. The van der Waals surface area contributed by atoms with Crippen LogP contribution in [0.2, 0.25) is 5.02 Å². The molecule has 1 heterocycles. The van der Waals surface area contributed by atoms with Crippen molar-refractivity contribution in [2.75, 3.05) is 5.73 Å². The number of hydrogen-bond donors (Lipinski definition) is 1. The third-order valence-electron chi connectivity index (χ3n) is 2.91. The predicted molar refractivity (Wildman–Crippen MR) is 79.7 cm³/mol. The van der Waals surface area contributed by atoms with Gasteiger partial charge < -0.3 is 10.5 Å². The van der Waals surface area contributed by atoms with E-state index >= 15 is 0 Å². The number of rotatable bonds is 3. The van der Waals surface area contributed by atoms with Crippen molar-refractivity contribution >= 4 is 28.2 Å². The average Bonchev–Trinajstić information content (AvgIpc) is 2.47. The van der Waals surface area contributed by atoms with Crippen LogP contribution in [0.3, 0.4) is 0 Å². The van der Waals surface area contributed by atoms with Crippen LogP contribution in [0.25, 0.3) is 10.9 Å². The molecule has 0 radical (unpaired) electrons. The summed E-state index contributed by atoms with van der Waals surface area (Å²) in [7, 11) is 0. The van der Waals surface area contributed by atoms with E-state index in [0.29, 0.717) is 23.2 Å². The molecule has 0 fully saturated rings. The van der Waals surface area contributed by atoms with Crippen LogP contribution in [0.1, 0.15) is 5.56 Å². The minimum atomic E-state index is 0.415. The second-order valence-electron chi connectivity index (χ2n) is 4.37. The number of anilines is 1. The van der Waals surface area contributed by atoms with Crippen LogP contribution >= 0.6 is 11.6 Å². The van der Waals surface area contributed by atoms with Crippen molar-refractivity contribution in [2.45, 2.75) is 6.61 Å². The zero-order valence-corrected chi connectivity index (χ0v) is 11.3. The van der Waals surface area contributed by atoms with Gasteiger partial charge in [0.25, 0.3) is 0 Å². The summed E-state index contributed by atoms with van der Waals surface area (Å²) in [4.78, 5) is 8.35. The molecule has 0 saturated carbocycles. The van der Waals surface area contributed by atoms with Gasteiger partial charge in [-0.05, 0) is 35.9 Å². The summed E-state index contributed by atoms with van der Waals surface area (Å²) in [6.45, 7) is 0.415. The summed E-state index contributed by atoms with van der Waals surface area (Å²) in [6, 6.07) is 13.0. The van der Waals surface area contributed by atoms with Crippen LogP contribution < -0.4 is 10.5 Å². The Hall–Kier alpha value is -2.33. The molecule has 0 unspecified atom stereocenters. The zero-order valence-electron chi connectivity index (χ0n) is 10.6. The molecular formula is C15H12ClN3O. The lowest BCUT2D eigenvalue weighted by atomic mass is 10.2. The molecule has 0 atom stereocenters. The third kappa shape index (κ3) is 2.65. The first-order valence-corrected chi connectivity index (χ1v) is 6.47. The van der Waals surface area contributed by atoms with Gasteiger partial charge in [0, 0.05) is 10.7 Å². The standard InChI is InChI=1S/C15H12ClN3O/c16-11-3-1-10(2-4-11)8-20-15-13-7-12(17)5-6-14(13)18-9-19-15/h1-7,9H,8,17H2. The Morgan fingerprint density at radius 1 is 1.05 bits per heavy atom. The number of halogens is 1. The van der Waals surface area contributed by atoms with E-state index in [2.05, 4.69) is 9.97 Å². The summed E-state index contributed by atoms with van der Waals surface area (Å²) >= 11 is 5.85. The molecule has 0 spiro atoms. The Morgan fingerprint density at radius 3 is 2.65 bits per heavy atom. The van der Waals surface area contributed by atoms with E-state index in [4.69, 9.17) is 22.1 Å². The summed E-state index contributed by atoms with van der Waals surface area (Å²) < 4.78 is 5.75. The van der Waals surface area contributed by atoms with Gasteiger partial charge in [0.15, 0.2) is 0 Å². The van der Waals surface area contributed by atoms with Crippen LogP contribution in [0.15, 0.2) is 48.8 Å². The van der Waals surface area contributed by atoms with Crippen LogP contribution in [0.4, 0.5) is 5.69 Å². The number of fused-ring (bicyclic) bond motifs is 1. The Morgan fingerprint density at radius 2 is 1.85 bits per heavy atom. The molecule has 3 aromatic rings. The molecule has 20 heavy (non-hydrogen) atoms. The normalized spacial score (nSPS) is 10.7. The number of nitrogen functional groups attached to an aromatic ring is 1. The summed E-state index contributed by atoms with van der Waals surface area (Å²) in [5, 5.41) is 1.51. The number of hydrogen-bond acceptors (Lipinski definition) is 4. The topological polar surface area (TPSA) is 61.0 Å². The maximum Gasteiger partial charge on any atom is 0.224 e. The number of ether oxygens (including phenoxy) is 1. The zero-order chi connectivity index (χ0) is 13.9. The van der Waals surface area contributed by atoms with Crippen molar-refractivity contribution in [1.29, 1.82) is 0 Å². The molecule has 1 aromatic heterocycles. The fourth-order valence-electron chi connectivity index (χ4n) is 1.90. The SMILES string of the molecule is Nc1ccc2ncnc(OCc3ccc(Cl)cc3)c2c1. The molecular weight excluding hydrogens is 274 g/mol. The maximum atomic E-state index is 5.85. The van der Waals surface area contributed by atoms with E-state index in [1.807, 2.05) is 36.4 Å². The molecule has 0 aliphatic carbocycles. The summed E-state index contributed by atoms with van der Waals surface area (Å²) in [6.07, 6.45) is 1.48. The van der Waals surface area contributed by atoms with Gasteiger partial charge in [0.05, 0.1) is 10.9 Å². The number of nitrogens with zero attached hydrogens (tertiary/aromatic N) is 2. The Kier molecular flexibility index (Phi) is 3.39. The molecule has 0 aliphatic heterocycles. The van der Waals surface area contributed by atoms with Gasteiger partial charge in [0.1, 0.15) is 12.9 Å². The van der Waals surface area contributed by atoms with Gasteiger partial charge in [-0.25, -0.2) is 9.97 Å². The van der Waals surface area contributed by atoms with E-state index in [0.717, 1.165) is 16.5 Å². The molecule has 0 amide bonds. The maximum absolute atomic E-state index is 5.85. The first kappa shape index (κ1) is 12.7.